The molecule has 1 fully saturated rings. The van der Waals surface area contributed by atoms with Gasteiger partial charge >= 0.3 is 0 Å². The van der Waals surface area contributed by atoms with E-state index in [9.17, 15) is 10.1 Å². The van der Waals surface area contributed by atoms with Crippen LogP contribution in [-0.2, 0) is 16.1 Å². The van der Waals surface area contributed by atoms with Gasteiger partial charge in [-0.2, -0.15) is 5.26 Å². The first-order valence-corrected chi connectivity index (χ1v) is 9.18. The van der Waals surface area contributed by atoms with Gasteiger partial charge in [0.1, 0.15) is 11.6 Å². The van der Waals surface area contributed by atoms with Gasteiger partial charge in [0, 0.05) is 42.4 Å². The van der Waals surface area contributed by atoms with Crippen LogP contribution in [0.25, 0.3) is 17.0 Å². The molecule has 2 aromatic rings. The lowest BCUT2D eigenvalue weighted by molar-refractivity contribution is -0.117. The van der Waals surface area contributed by atoms with E-state index >= 15 is 0 Å². The van der Waals surface area contributed by atoms with Crippen molar-refractivity contribution >= 4 is 22.9 Å². The van der Waals surface area contributed by atoms with E-state index in [1.807, 2.05) is 30.5 Å². The summed E-state index contributed by atoms with van der Waals surface area (Å²) >= 11 is 0. The molecule has 0 aliphatic carbocycles. The number of hydrogen-bond acceptors (Lipinski definition) is 3. The molecule has 2 heterocycles. The molecule has 0 spiro atoms. The average Bonchev–Trinajstić information content (AvgIpc) is 3.26. The van der Waals surface area contributed by atoms with Crippen LogP contribution in [0, 0.1) is 17.2 Å². The summed E-state index contributed by atoms with van der Waals surface area (Å²) in [7, 11) is 0. The van der Waals surface area contributed by atoms with Gasteiger partial charge in [-0.15, -0.1) is 0 Å². The van der Waals surface area contributed by atoms with Gasteiger partial charge in [-0.3, -0.25) is 4.79 Å². The molecule has 1 atom stereocenters. The highest BCUT2D eigenvalue weighted by Crippen LogP contribution is 2.24. The summed E-state index contributed by atoms with van der Waals surface area (Å²) in [5.41, 5.74) is 2.13. The monoisotopic (exact) mass is 351 g/mol. The van der Waals surface area contributed by atoms with Crippen LogP contribution >= 0.6 is 0 Å². The van der Waals surface area contributed by atoms with Crippen molar-refractivity contribution in [1.82, 2.24) is 9.88 Å². The smallest absolute Gasteiger partial charge is 0.262 e. The third-order valence-electron chi connectivity index (χ3n) is 4.56. The summed E-state index contributed by atoms with van der Waals surface area (Å²) in [5, 5.41) is 13.3. The molecule has 0 saturated carbocycles. The Labute approximate surface area is 154 Å². The van der Waals surface area contributed by atoms with Gasteiger partial charge < -0.3 is 14.6 Å². The van der Waals surface area contributed by atoms with E-state index in [0.717, 1.165) is 42.5 Å². The maximum Gasteiger partial charge on any atom is 0.262 e. The zero-order valence-electron chi connectivity index (χ0n) is 15.4. The SMILES string of the molecule is CC(C)Cn1cc(/C=C(\C#N)C(=O)NC[C@H]2CCCO2)c2ccccc21. The molecule has 1 saturated heterocycles. The lowest BCUT2D eigenvalue weighted by Crippen LogP contribution is -2.32. The standard InChI is InChI=1S/C21H25N3O2/c1-15(2)13-24-14-17(19-7-3-4-8-20(19)24)10-16(11-22)21(25)23-12-18-6-5-9-26-18/h3-4,7-8,10,14-15,18H,5-6,9,12-13H2,1-2H3,(H,23,25)/b16-10+/t18-/m1/s1. The molecule has 1 N–H and O–H groups in total. The highest BCUT2D eigenvalue weighted by Gasteiger charge is 2.18. The fourth-order valence-electron chi connectivity index (χ4n) is 3.35. The van der Waals surface area contributed by atoms with Gasteiger partial charge in [0.05, 0.1) is 6.10 Å². The van der Waals surface area contributed by atoms with E-state index in [1.54, 1.807) is 6.08 Å². The number of fused-ring (bicyclic) bond motifs is 1. The number of nitrogens with one attached hydrogen (secondary N) is 1. The maximum absolute atomic E-state index is 12.4. The summed E-state index contributed by atoms with van der Waals surface area (Å²) < 4.78 is 7.70. The number of nitriles is 1. The van der Waals surface area contributed by atoms with Crippen LogP contribution in [0.5, 0.6) is 0 Å². The predicted molar refractivity (Wildman–Crippen MR) is 102 cm³/mol. The largest absolute Gasteiger partial charge is 0.376 e. The van der Waals surface area contributed by atoms with E-state index in [1.165, 1.54) is 0 Å². The van der Waals surface area contributed by atoms with Gasteiger partial charge in [0.2, 0.25) is 0 Å². The molecule has 3 rings (SSSR count). The molecule has 136 valence electrons. The Balaban J connectivity index is 1.84. The van der Waals surface area contributed by atoms with Crippen molar-refractivity contribution in [3.8, 4) is 6.07 Å². The minimum absolute atomic E-state index is 0.0619. The molecular formula is C21H25N3O2. The highest BCUT2D eigenvalue weighted by molar-refractivity contribution is 6.04. The second kappa shape index (κ2) is 8.20. The number of carbonyl (C=O) groups is 1. The molecule has 1 aromatic heterocycles. The van der Waals surface area contributed by atoms with E-state index < -0.39 is 0 Å². The average molecular weight is 351 g/mol. The third-order valence-corrected chi connectivity index (χ3v) is 4.56. The summed E-state index contributed by atoms with van der Waals surface area (Å²) in [6, 6.07) is 10.1. The molecule has 1 amide bonds. The summed E-state index contributed by atoms with van der Waals surface area (Å²) in [6.07, 6.45) is 5.75. The van der Waals surface area contributed by atoms with Crippen molar-refractivity contribution in [3.63, 3.8) is 0 Å². The molecule has 1 aromatic carbocycles. The Morgan fingerprint density at radius 2 is 2.27 bits per heavy atom. The summed E-state index contributed by atoms with van der Waals surface area (Å²) in [5.74, 6) is 0.163. The topological polar surface area (TPSA) is 67.0 Å². The minimum atomic E-state index is -0.344. The number of carbonyl (C=O) groups excluding carboxylic acids is 1. The fraction of sp³-hybridized carbons (Fsp3) is 0.429. The van der Waals surface area contributed by atoms with E-state index in [2.05, 4.69) is 29.8 Å². The van der Waals surface area contributed by atoms with Crippen molar-refractivity contribution in [2.45, 2.75) is 39.3 Å². The fourth-order valence-corrected chi connectivity index (χ4v) is 3.35. The number of nitrogens with zero attached hydrogens (tertiary/aromatic N) is 2. The van der Waals surface area contributed by atoms with Crippen LogP contribution in [0.15, 0.2) is 36.0 Å². The minimum Gasteiger partial charge on any atom is -0.376 e. The van der Waals surface area contributed by atoms with Crippen LogP contribution in [0.2, 0.25) is 0 Å². The Morgan fingerprint density at radius 1 is 1.46 bits per heavy atom. The third kappa shape index (κ3) is 4.14. The van der Waals surface area contributed by atoms with E-state index in [-0.39, 0.29) is 17.6 Å². The number of benzene rings is 1. The normalized spacial score (nSPS) is 17.6. The van der Waals surface area contributed by atoms with Gasteiger partial charge in [0.25, 0.3) is 5.91 Å². The van der Waals surface area contributed by atoms with Crippen LogP contribution in [0.1, 0.15) is 32.3 Å². The van der Waals surface area contributed by atoms with Crippen molar-refractivity contribution in [3.05, 3.63) is 41.6 Å². The van der Waals surface area contributed by atoms with E-state index in [0.29, 0.717) is 12.5 Å². The number of ether oxygens (including phenoxy) is 1. The molecule has 0 bridgehead atoms. The number of amides is 1. The quantitative estimate of drug-likeness (QED) is 0.640. The summed E-state index contributed by atoms with van der Waals surface area (Å²) in [4.78, 5) is 12.4. The summed E-state index contributed by atoms with van der Waals surface area (Å²) in [6.45, 7) is 6.43. The first-order valence-electron chi connectivity index (χ1n) is 9.18. The Morgan fingerprint density at radius 3 is 2.96 bits per heavy atom. The second-order valence-electron chi connectivity index (χ2n) is 7.16. The Kier molecular flexibility index (Phi) is 5.75. The second-order valence-corrected chi connectivity index (χ2v) is 7.16. The van der Waals surface area contributed by atoms with Crippen molar-refractivity contribution in [1.29, 1.82) is 5.26 Å². The predicted octanol–water partition coefficient (Wildman–Crippen LogP) is 3.50. The van der Waals surface area contributed by atoms with Crippen molar-refractivity contribution in [2.24, 2.45) is 5.92 Å². The van der Waals surface area contributed by atoms with Crippen molar-refractivity contribution in [2.75, 3.05) is 13.2 Å². The van der Waals surface area contributed by atoms with Crippen LogP contribution in [0.4, 0.5) is 0 Å². The molecule has 1 aliphatic heterocycles. The van der Waals surface area contributed by atoms with Gasteiger partial charge in [0.15, 0.2) is 0 Å². The van der Waals surface area contributed by atoms with Gasteiger partial charge in [-0.25, -0.2) is 0 Å². The zero-order valence-corrected chi connectivity index (χ0v) is 15.4. The van der Waals surface area contributed by atoms with Gasteiger partial charge in [-0.1, -0.05) is 32.0 Å². The molecule has 0 radical (unpaired) electrons. The molecule has 5 heteroatoms. The Bertz CT molecular complexity index is 852. The van der Waals surface area contributed by atoms with Gasteiger partial charge in [-0.05, 0) is 30.9 Å². The van der Waals surface area contributed by atoms with Crippen LogP contribution in [-0.4, -0.2) is 29.7 Å². The first-order chi connectivity index (χ1) is 12.6. The molecular weight excluding hydrogens is 326 g/mol. The number of aromatic nitrogens is 1. The molecule has 26 heavy (non-hydrogen) atoms. The lowest BCUT2D eigenvalue weighted by Gasteiger charge is -2.10. The lowest BCUT2D eigenvalue weighted by atomic mass is 10.1. The molecule has 1 aliphatic rings. The number of para-hydroxylation sites is 1. The zero-order chi connectivity index (χ0) is 18.5. The maximum atomic E-state index is 12.4. The van der Waals surface area contributed by atoms with Crippen molar-refractivity contribution < 1.29 is 9.53 Å². The van der Waals surface area contributed by atoms with E-state index in [4.69, 9.17) is 4.74 Å². The van der Waals surface area contributed by atoms with Crippen LogP contribution < -0.4 is 5.32 Å². The first kappa shape index (κ1) is 18.2. The number of hydrogen-bond donors (Lipinski definition) is 1. The molecule has 5 nitrogen and oxygen atoms in total. The van der Waals surface area contributed by atoms with Crippen LogP contribution in [0.3, 0.4) is 0 Å². The number of rotatable bonds is 6. The highest BCUT2D eigenvalue weighted by atomic mass is 16.5. The Hall–Kier alpha value is -2.58. The molecule has 0 unspecified atom stereocenters.